The highest BCUT2D eigenvalue weighted by Gasteiger charge is 2.20. The van der Waals surface area contributed by atoms with E-state index in [1.807, 2.05) is 17.8 Å². The summed E-state index contributed by atoms with van der Waals surface area (Å²) in [6.07, 6.45) is 1.66. The third-order valence-electron chi connectivity index (χ3n) is 1.85. The van der Waals surface area contributed by atoms with Crippen molar-refractivity contribution in [3.63, 3.8) is 0 Å². The van der Waals surface area contributed by atoms with Gasteiger partial charge in [-0.05, 0) is 22.0 Å². The van der Waals surface area contributed by atoms with E-state index in [4.69, 9.17) is 10.3 Å². The van der Waals surface area contributed by atoms with Crippen molar-refractivity contribution in [2.45, 2.75) is 31.6 Å². The van der Waals surface area contributed by atoms with Crippen molar-refractivity contribution in [2.24, 2.45) is 5.84 Å². The Hall–Kier alpha value is 0.0300. The first kappa shape index (κ1) is 13.1. The Kier molecular flexibility index (Phi) is 4.70. The predicted molar refractivity (Wildman–Crippen MR) is 68.7 cm³/mol. The monoisotopic (exact) mass is 292 g/mol. The summed E-state index contributed by atoms with van der Waals surface area (Å²) < 4.78 is 6.57. The van der Waals surface area contributed by atoms with Crippen LogP contribution in [0.4, 0.5) is 0 Å². The van der Waals surface area contributed by atoms with Crippen molar-refractivity contribution >= 4 is 27.7 Å². The van der Waals surface area contributed by atoms with Crippen molar-refractivity contribution in [1.29, 1.82) is 0 Å². The second kappa shape index (κ2) is 5.39. The van der Waals surface area contributed by atoms with Crippen LogP contribution in [0.2, 0.25) is 0 Å². The molecule has 1 rings (SSSR count). The number of thioether (sulfide) groups is 1. The number of nitrogens with one attached hydrogen (secondary N) is 1. The fraction of sp³-hybridized carbons (Fsp3) is 0.600. The number of furan rings is 1. The number of halogens is 1. The summed E-state index contributed by atoms with van der Waals surface area (Å²) >= 11 is 5.28. The first-order valence-corrected chi connectivity index (χ1v) is 6.55. The molecule has 0 amide bonds. The maximum atomic E-state index is 5.52. The largest absolute Gasteiger partial charge is 0.466 e. The maximum Gasteiger partial charge on any atom is 0.137 e. The molecule has 1 heterocycles. The highest BCUT2D eigenvalue weighted by molar-refractivity contribution is 9.10. The summed E-state index contributed by atoms with van der Waals surface area (Å²) in [5.74, 6) is 7.25. The molecule has 1 aromatic heterocycles. The van der Waals surface area contributed by atoms with Gasteiger partial charge in [-0.1, -0.05) is 20.8 Å². The van der Waals surface area contributed by atoms with Crippen LogP contribution in [0.15, 0.2) is 21.2 Å². The highest BCUT2D eigenvalue weighted by atomic mass is 79.9. The van der Waals surface area contributed by atoms with Crippen LogP contribution in [0, 0.1) is 0 Å². The average Bonchev–Trinajstić information content (AvgIpc) is 2.52. The molecule has 5 heteroatoms. The number of hydrogen-bond donors (Lipinski definition) is 2. The lowest BCUT2D eigenvalue weighted by Crippen LogP contribution is -2.30. The Balaban J connectivity index is 2.61. The number of hydrogen-bond acceptors (Lipinski definition) is 4. The molecule has 86 valence electrons. The zero-order valence-electron chi connectivity index (χ0n) is 9.21. The Morgan fingerprint density at radius 2 is 2.27 bits per heavy atom. The molecule has 0 bridgehead atoms. The summed E-state index contributed by atoms with van der Waals surface area (Å²) in [5, 5.41) is 0. The highest BCUT2D eigenvalue weighted by Crippen LogP contribution is 2.31. The second-order valence-corrected chi connectivity index (χ2v) is 6.98. The Morgan fingerprint density at radius 3 is 2.67 bits per heavy atom. The molecular weight excluding hydrogens is 276 g/mol. The van der Waals surface area contributed by atoms with Crippen LogP contribution in [0.25, 0.3) is 0 Å². The lowest BCUT2D eigenvalue weighted by Gasteiger charge is -2.21. The standard InChI is InChI=1S/C10H17BrN2OS/c1-10(2,3)15-6-8(13-12)9-7(11)4-5-14-9/h4-5,8,13H,6,12H2,1-3H3. The molecule has 3 N–H and O–H groups in total. The van der Waals surface area contributed by atoms with Gasteiger partial charge in [0.15, 0.2) is 0 Å². The first-order chi connectivity index (χ1) is 6.94. The van der Waals surface area contributed by atoms with E-state index < -0.39 is 0 Å². The van der Waals surface area contributed by atoms with Crippen molar-refractivity contribution in [3.05, 3.63) is 22.6 Å². The van der Waals surface area contributed by atoms with Crippen LogP contribution in [0.3, 0.4) is 0 Å². The van der Waals surface area contributed by atoms with Crippen LogP contribution >= 0.6 is 27.7 Å². The Labute approximate surface area is 103 Å². The molecule has 0 aliphatic carbocycles. The summed E-state index contributed by atoms with van der Waals surface area (Å²) in [5.41, 5.74) is 2.77. The van der Waals surface area contributed by atoms with Crippen LogP contribution < -0.4 is 11.3 Å². The lowest BCUT2D eigenvalue weighted by molar-refractivity contribution is 0.438. The molecule has 3 nitrogen and oxygen atoms in total. The van der Waals surface area contributed by atoms with Gasteiger partial charge in [0, 0.05) is 10.5 Å². The zero-order chi connectivity index (χ0) is 11.5. The van der Waals surface area contributed by atoms with Crippen molar-refractivity contribution in [1.82, 2.24) is 5.43 Å². The minimum atomic E-state index is 0.0404. The van der Waals surface area contributed by atoms with Crippen molar-refractivity contribution < 1.29 is 4.42 Å². The minimum absolute atomic E-state index is 0.0404. The topological polar surface area (TPSA) is 51.2 Å². The molecule has 0 aromatic carbocycles. The van der Waals surface area contributed by atoms with E-state index in [0.717, 1.165) is 16.0 Å². The van der Waals surface area contributed by atoms with Gasteiger partial charge in [-0.25, -0.2) is 5.43 Å². The van der Waals surface area contributed by atoms with E-state index >= 15 is 0 Å². The average molecular weight is 293 g/mol. The Morgan fingerprint density at radius 1 is 1.60 bits per heavy atom. The molecule has 0 radical (unpaired) electrons. The van der Waals surface area contributed by atoms with Gasteiger partial charge >= 0.3 is 0 Å². The molecule has 0 spiro atoms. The zero-order valence-corrected chi connectivity index (χ0v) is 11.6. The summed E-state index contributed by atoms with van der Waals surface area (Å²) in [6, 6.07) is 1.92. The van der Waals surface area contributed by atoms with E-state index in [1.165, 1.54) is 0 Å². The van der Waals surface area contributed by atoms with Gasteiger partial charge in [0.1, 0.15) is 5.76 Å². The lowest BCUT2D eigenvalue weighted by atomic mass is 10.2. The molecule has 1 aromatic rings. The van der Waals surface area contributed by atoms with Gasteiger partial charge in [-0.15, -0.1) is 0 Å². The van der Waals surface area contributed by atoms with Crippen LogP contribution in [-0.4, -0.2) is 10.5 Å². The minimum Gasteiger partial charge on any atom is -0.466 e. The third kappa shape index (κ3) is 4.18. The quantitative estimate of drug-likeness (QED) is 0.661. The summed E-state index contributed by atoms with van der Waals surface area (Å²) in [6.45, 7) is 6.55. The number of nitrogens with two attached hydrogens (primary N) is 1. The third-order valence-corrected chi connectivity index (χ3v) is 3.87. The van der Waals surface area contributed by atoms with E-state index in [0.29, 0.717) is 0 Å². The maximum absolute atomic E-state index is 5.52. The van der Waals surface area contributed by atoms with Crippen LogP contribution in [0.1, 0.15) is 32.6 Å². The van der Waals surface area contributed by atoms with E-state index in [1.54, 1.807) is 6.26 Å². The molecule has 0 saturated carbocycles. The van der Waals surface area contributed by atoms with Crippen molar-refractivity contribution in [3.8, 4) is 0 Å². The van der Waals surface area contributed by atoms with E-state index in [2.05, 4.69) is 42.1 Å². The molecule has 0 saturated heterocycles. The SMILES string of the molecule is CC(C)(C)SCC(NN)c1occc1Br. The fourth-order valence-corrected chi connectivity index (χ4v) is 2.48. The molecule has 1 unspecified atom stereocenters. The van der Waals surface area contributed by atoms with Crippen LogP contribution in [-0.2, 0) is 0 Å². The first-order valence-electron chi connectivity index (χ1n) is 4.77. The van der Waals surface area contributed by atoms with Gasteiger partial charge in [-0.2, -0.15) is 11.8 Å². The van der Waals surface area contributed by atoms with Crippen LogP contribution in [0.5, 0.6) is 0 Å². The normalized spacial score (nSPS) is 14.2. The van der Waals surface area contributed by atoms with Gasteiger partial charge in [-0.3, -0.25) is 5.84 Å². The molecule has 0 aliphatic rings. The van der Waals surface area contributed by atoms with Gasteiger partial charge < -0.3 is 4.42 Å². The predicted octanol–water partition coefficient (Wildman–Crippen LogP) is 3.08. The summed E-state index contributed by atoms with van der Waals surface area (Å²) in [7, 11) is 0. The summed E-state index contributed by atoms with van der Waals surface area (Å²) in [4.78, 5) is 0. The second-order valence-electron chi connectivity index (χ2n) is 4.28. The van der Waals surface area contributed by atoms with Gasteiger partial charge in [0.25, 0.3) is 0 Å². The number of rotatable bonds is 4. The van der Waals surface area contributed by atoms with E-state index in [9.17, 15) is 0 Å². The van der Waals surface area contributed by atoms with Gasteiger partial charge in [0.2, 0.25) is 0 Å². The molecular formula is C10H17BrN2OS. The molecule has 1 atom stereocenters. The van der Waals surface area contributed by atoms with E-state index in [-0.39, 0.29) is 10.8 Å². The molecule has 15 heavy (non-hydrogen) atoms. The number of hydrazine groups is 1. The van der Waals surface area contributed by atoms with Crippen molar-refractivity contribution in [2.75, 3.05) is 5.75 Å². The van der Waals surface area contributed by atoms with Gasteiger partial charge in [0.05, 0.1) is 16.8 Å². The molecule has 0 aliphatic heterocycles. The fourth-order valence-electron chi connectivity index (χ4n) is 1.09. The smallest absolute Gasteiger partial charge is 0.137 e. The molecule has 0 fully saturated rings. The Bertz CT molecular complexity index is 309.